The van der Waals surface area contributed by atoms with Crippen LogP contribution in [-0.4, -0.2) is 43.6 Å². The SMILES string of the molecule is C[C@@H](/C=C/CCn1cc(CCO)nn1)[C@]1(O)C(=O)N(Cc2ccc(NC(=O)c3ccc(N)cc3)cc2)c2ccccc21. The number of carbonyl (C=O) groups excluding carboxylic acids is 2. The van der Waals surface area contributed by atoms with Crippen molar-refractivity contribution in [2.45, 2.75) is 38.5 Å². The highest BCUT2D eigenvalue weighted by Gasteiger charge is 2.52. The van der Waals surface area contributed by atoms with Gasteiger partial charge >= 0.3 is 0 Å². The minimum atomic E-state index is -1.71. The fourth-order valence-corrected chi connectivity index (χ4v) is 5.10. The molecule has 0 saturated heterocycles. The molecule has 1 aliphatic rings. The van der Waals surface area contributed by atoms with Gasteiger partial charge in [0.25, 0.3) is 11.8 Å². The van der Waals surface area contributed by atoms with Crippen molar-refractivity contribution < 1.29 is 19.8 Å². The Kier molecular flexibility index (Phi) is 8.46. The number of nitrogens with two attached hydrogens (primary N) is 1. The van der Waals surface area contributed by atoms with Crippen LogP contribution in [0.1, 0.15) is 40.5 Å². The molecule has 1 aromatic heterocycles. The van der Waals surface area contributed by atoms with E-state index in [0.717, 1.165) is 11.3 Å². The monoisotopic (exact) mass is 566 g/mol. The summed E-state index contributed by atoms with van der Waals surface area (Å²) in [5.74, 6) is -1.11. The lowest BCUT2D eigenvalue weighted by atomic mass is 9.83. The van der Waals surface area contributed by atoms with Crippen molar-refractivity contribution in [1.82, 2.24) is 15.0 Å². The number of nitrogens with zero attached hydrogens (tertiary/aromatic N) is 4. The van der Waals surface area contributed by atoms with Gasteiger partial charge in [-0.3, -0.25) is 14.3 Å². The van der Waals surface area contributed by atoms with Gasteiger partial charge in [-0.15, -0.1) is 5.10 Å². The molecule has 0 radical (unpaired) electrons. The Morgan fingerprint density at radius 1 is 1.10 bits per heavy atom. The summed E-state index contributed by atoms with van der Waals surface area (Å²) in [5.41, 5.74) is 8.53. The van der Waals surface area contributed by atoms with Gasteiger partial charge in [0.05, 0.1) is 17.9 Å². The quantitative estimate of drug-likeness (QED) is 0.160. The van der Waals surface area contributed by atoms with Crippen LogP contribution in [0.5, 0.6) is 0 Å². The zero-order chi connectivity index (χ0) is 29.7. The van der Waals surface area contributed by atoms with Crippen LogP contribution in [0.2, 0.25) is 0 Å². The number of fused-ring (bicyclic) bond motifs is 1. The van der Waals surface area contributed by atoms with Gasteiger partial charge in [0.2, 0.25) is 0 Å². The summed E-state index contributed by atoms with van der Waals surface area (Å²) < 4.78 is 1.71. The van der Waals surface area contributed by atoms with Crippen molar-refractivity contribution in [1.29, 1.82) is 0 Å². The van der Waals surface area contributed by atoms with Gasteiger partial charge in [0.1, 0.15) is 0 Å². The third-order valence-electron chi connectivity index (χ3n) is 7.46. The predicted octanol–water partition coefficient (Wildman–Crippen LogP) is 3.66. The molecule has 0 bridgehead atoms. The Labute approximate surface area is 244 Å². The molecule has 0 unspecified atom stereocenters. The average molecular weight is 567 g/mol. The van der Waals surface area contributed by atoms with E-state index in [1.165, 1.54) is 0 Å². The first-order valence-electron chi connectivity index (χ1n) is 13.9. The van der Waals surface area contributed by atoms with Gasteiger partial charge in [0, 0.05) is 54.2 Å². The number of hydrogen-bond donors (Lipinski definition) is 4. The lowest BCUT2D eigenvalue weighted by molar-refractivity contribution is -0.139. The predicted molar refractivity (Wildman–Crippen MR) is 161 cm³/mol. The van der Waals surface area contributed by atoms with Crippen molar-refractivity contribution in [3.8, 4) is 0 Å². The molecule has 4 aromatic rings. The first kappa shape index (κ1) is 28.7. The van der Waals surface area contributed by atoms with Gasteiger partial charge in [-0.05, 0) is 54.4 Å². The fraction of sp³-hybridized carbons (Fsp3) is 0.250. The number of nitrogens with one attached hydrogen (secondary N) is 1. The molecule has 2 atom stereocenters. The van der Waals surface area contributed by atoms with Gasteiger partial charge < -0.3 is 26.2 Å². The summed E-state index contributed by atoms with van der Waals surface area (Å²) in [4.78, 5) is 27.9. The maximum atomic E-state index is 13.8. The number of nitrogen functional groups attached to an aromatic ring is 1. The van der Waals surface area contributed by atoms with Gasteiger partial charge in [-0.2, -0.15) is 0 Å². The lowest BCUT2D eigenvalue weighted by Crippen LogP contribution is -2.44. The number of hydrogen-bond acceptors (Lipinski definition) is 7. The number of aromatic nitrogens is 3. The van der Waals surface area contributed by atoms with Crippen LogP contribution < -0.4 is 16.0 Å². The number of aliphatic hydroxyl groups is 2. The molecule has 0 spiro atoms. The van der Waals surface area contributed by atoms with E-state index >= 15 is 0 Å². The number of aliphatic hydroxyl groups excluding tert-OH is 1. The van der Waals surface area contributed by atoms with E-state index in [1.54, 1.807) is 58.2 Å². The second-order valence-corrected chi connectivity index (χ2v) is 10.4. The summed E-state index contributed by atoms with van der Waals surface area (Å²) in [6.45, 7) is 2.72. The van der Waals surface area contributed by atoms with E-state index < -0.39 is 11.5 Å². The number of para-hydroxylation sites is 1. The number of allylic oxidation sites excluding steroid dienone is 1. The highest BCUT2D eigenvalue weighted by molar-refractivity contribution is 6.07. The molecule has 5 rings (SSSR count). The number of benzene rings is 3. The smallest absolute Gasteiger partial charge is 0.264 e. The normalized spacial score (nSPS) is 17.0. The molecule has 1 aliphatic heterocycles. The Morgan fingerprint density at radius 2 is 1.83 bits per heavy atom. The van der Waals surface area contributed by atoms with E-state index in [4.69, 9.17) is 10.8 Å². The molecule has 2 amide bonds. The highest BCUT2D eigenvalue weighted by Crippen LogP contribution is 2.45. The average Bonchev–Trinajstić information content (AvgIpc) is 3.53. The Balaban J connectivity index is 1.25. The van der Waals surface area contributed by atoms with E-state index in [0.29, 0.717) is 47.6 Å². The molecule has 3 aromatic carbocycles. The van der Waals surface area contributed by atoms with Crippen LogP contribution in [0.3, 0.4) is 0 Å². The maximum absolute atomic E-state index is 13.8. The zero-order valence-corrected chi connectivity index (χ0v) is 23.4. The first-order chi connectivity index (χ1) is 20.3. The topological polar surface area (TPSA) is 147 Å². The molecule has 10 heteroatoms. The van der Waals surface area contributed by atoms with Crippen LogP contribution in [0.25, 0.3) is 0 Å². The molecule has 0 saturated carbocycles. The number of aryl methyl sites for hydroxylation is 1. The summed E-state index contributed by atoms with van der Waals surface area (Å²) in [6.07, 6.45) is 6.70. The molecular weight excluding hydrogens is 532 g/mol. The van der Waals surface area contributed by atoms with E-state index in [-0.39, 0.29) is 25.0 Å². The van der Waals surface area contributed by atoms with Crippen molar-refractivity contribution >= 4 is 28.9 Å². The second-order valence-electron chi connectivity index (χ2n) is 10.4. The van der Waals surface area contributed by atoms with E-state index in [9.17, 15) is 14.7 Å². The highest BCUT2D eigenvalue weighted by atomic mass is 16.3. The van der Waals surface area contributed by atoms with Crippen LogP contribution >= 0.6 is 0 Å². The number of amides is 2. The Bertz CT molecular complexity index is 1580. The number of carbonyl (C=O) groups is 2. The number of rotatable bonds is 11. The first-order valence-corrected chi connectivity index (χ1v) is 13.9. The zero-order valence-electron chi connectivity index (χ0n) is 23.4. The lowest BCUT2D eigenvalue weighted by Gasteiger charge is -2.27. The second kappa shape index (κ2) is 12.4. The Morgan fingerprint density at radius 3 is 2.57 bits per heavy atom. The largest absolute Gasteiger partial charge is 0.399 e. The molecule has 0 aliphatic carbocycles. The van der Waals surface area contributed by atoms with Crippen molar-refractivity contribution in [3.05, 3.63) is 114 Å². The third-order valence-corrected chi connectivity index (χ3v) is 7.46. The van der Waals surface area contributed by atoms with Gasteiger partial charge in [-0.1, -0.05) is 54.6 Å². The molecule has 42 heavy (non-hydrogen) atoms. The summed E-state index contributed by atoms with van der Waals surface area (Å²) in [6, 6.07) is 21.3. The van der Waals surface area contributed by atoms with E-state index in [1.807, 2.05) is 49.4 Å². The molecule has 0 fully saturated rings. The van der Waals surface area contributed by atoms with Crippen molar-refractivity contribution in [3.63, 3.8) is 0 Å². The summed E-state index contributed by atoms with van der Waals surface area (Å²) in [5, 5.41) is 31.8. The minimum Gasteiger partial charge on any atom is -0.399 e. The summed E-state index contributed by atoms with van der Waals surface area (Å²) in [7, 11) is 0. The molecular formula is C32H34N6O4. The van der Waals surface area contributed by atoms with Gasteiger partial charge in [0.15, 0.2) is 5.60 Å². The van der Waals surface area contributed by atoms with Crippen LogP contribution in [0, 0.1) is 5.92 Å². The van der Waals surface area contributed by atoms with E-state index in [2.05, 4.69) is 15.6 Å². The molecule has 2 heterocycles. The van der Waals surface area contributed by atoms with Gasteiger partial charge in [-0.25, -0.2) is 0 Å². The van der Waals surface area contributed by atoms with Crippen molar-refractivity contribution in [2.24, 2.45) is 5.92 Å². The molecule has 216 valence electrons. The van der Waals surface area contributed by atoms with Crippen LogP contribution in [-0.2, 0) is 29.9 Å². The third kappa shape index (κ3) is 5.95. The fourth-order valence-electron chi connectivity index (χ4n) is 5.10. The standard InChI is InChI=1S/C32H34N6O4/c1-22(6-4-5-18-37-21-27(17-19-39)35-36-37)32(42)28-7-2-3-8-29(28)38(31(32)41)20-23-9-15-26(16-10-23)34-30(40)24-11-13-25(33)14-12-24/h2-4,6-16,21-22,39,42H,5,17-20,33H2,1H3,(H,34,40)/b6-4+/t22-,32+/m0/s1. The number of anilines is 3. The van der Waals surface area contributed by atoms with Crippen molar-refractivity contribution in [2.75, 3.05) is 22.6 Å². The minimum absolute atomic E-state index is 0.0239. The Hall–Kier alpha value is -4.80. The maximum Gasteiger partial charge on any atom is 0.264 e. The molecule has 5 N–H and O–H groups in total. The summed E-state index contributed by atoms with van der Waals surface area (Å²) >= 11 is 0. The molecule has 10 nitrogen and oxygen atoms in total. The van der Waals surface area contributed by atoms with Crippen LogP contribution in [0.4, 0.5) is 17.1 Å². The van der Waals surface area contributed by atoms with Crippen LogP contribution in [0.15, 0.2) is 91.1 Å².